The third-order valence-corrected chi connectivity index (χ3v) is 4.21. The Balaban J connectivity index is 0.00000576. The Kier molecular flexibility index (Phi) is 10.4. The summed E-state index contributed by atoms with van der Waals surface area (Å²) in [6.07, 6.45) is 0.902. The van der Waals surface area contributed by atoms with Crippen molar-refractivity contribution >= 4 is 41.8 Å². The minimum Gasteiger partial charge on any atom is -0.356 e. The third-order valence-electron chi connectivity index (χ3n) is 4.21. The molecule has 0 aromatic rings. The van der Waals surface area contributed by atoms with Gasteiger partial charge in [0.1, 0.15) is 0 Å². The molecule has 0 radical (unpaired) electrons. The van der Waals surface area contributed by atoms with Gasteiger partial charge in [0, 0.05) is 45.2 Å². The molecule has 0 saturated carbocycles. The van der Waals surface area contributed by atoms with Gasteiger partial charge in [-0.05, 0) is 27.2 Å². The number of nitrogens with zero attached hydrogens (tertiary/aromatic N) is 2. The number of amides is 2. The first kappa shape index (κ1) is 23.9. The number of hydrogen-bond acceptors (Lipinski definition) is 3. The Labute approximate surface area is 168 Å². The average Bonchev–Trinajstić information content (AvgIpc) is 2.99. The molecule has 1 fully saturated rings. The van der Waals surface area contributed by atoms with Gasteiger partial charge >= 0.3 is 0 Å². The van der Waals surface area contributed by atoms with Crippen molar-refractivity contribution in [2.75, 3.05) is 33.2 Å². The lowest BCUT2D eigenvalue weighted by Crippen LogP contribution is -2.50. The van der Waals surface area contributed by atoms with Crippen molar-refractivity contribution in [2.45, 2.75) is 47.1 Å². The van der Waals surface area contributed by atoms with E-state index in [0.29, 0.717) is 25.6 Å². The molecule has 0 aromatic heterocycles. The van der Waals surface area contributed by atoms with Crippen molar-refractivity contribution < 1.29 is 9.59 Å². The van der Waals surface area contributed by atoms with Gasteiger partial charge < -0.3 is 20.9 Å². The molecule has 0 spiro atoms. The monoisotopic (exact) mass is 467 g/mol. The van der Waals surface area contributed by atoms with Gasteiger partial charge in [0.15, 0.2) is 5.96 Å². The van der Waals surface area contributed by atoms with Crippen molar-refractivity contribution in [3.8, 4) is 0 Å². The number of nitrogens with one attached hydrogen (secondary N) is 3. The van der Waals surface area contributed by atoms with Gasteiger partial charge in [-0.1, -0.05) is 13.8 Å². The maximum Gasteiger partial charge on any atom is 0.227 e. The van der Waals surface area contributed by atoms with Crippen LogP contribution in [0.25, 0.3) is 0 Å². The van der Waals surface area contributed by atoms with Crippen LogP contribution in [-0.2, 0) is 9.59 Å². The first-order valence-electron chi connectivity index (χ1n) is 8.75. The topological polar surface area (TPSA) is 85.8 Å². The zero-order valence-corrected chi connectivity index (χ0v) is 18.6. The van der Waals surface area contributed by atoms with E-state index in [2.05, 4.69) is 20.9 Å². The summed E-state index contributed by atoms with van der Waals surface area (Å²) in [6, 6.07) is 0.187. The maximum absolute atomic E-state index is 12.0. The van der Waals surface area contributed by atoms with Gasteiger partial charge in [-0.25, -0.2) is 0 Å². The smallest absolute Gasteiger partial charge is 0.227 e. The van der Waals surface area contributed by atoms with Gasteiger partial charge in [-0.2, -0.15) is 0 Å². The fourth-order valence-electron chi connectivity index (χ4n) is 2.62. The molecule has 3 N–H and O–H groups in total. The molecule has 1 aliphatic rings. The van der Waals surface area contributed by atoms with E-state index in [4.69, 9.17) is 0 Å². The normalized spacial score (nSPS) is 18.0. The van der Waals surface area contributed by atoms with Crippen LogP contribution in [0.2, 0.25) is 0 Å². The minimum absolute atomic E-state index is 0. The molecule has 0 aliphatic carbocycles. The second-order valence-corrected chi connectivity index (χ2v) is 7.24. The van der Waals surface area contributed by atoms with E-state index in [1.165, 1.54) is 0 Å². The molecule has 1 unspecified atom stereocenters. The zero-order valence-electron chi connectivity index (χ0n) is 16.3. The average molecular weight is 467 g/mol. The van der Waals surface area contributed by atoms with Crippen LogP contribution in [0.3, 0.4) is 0 Å². The van der Waals surface area contributed by atoms with Crippen LogP contribution < -0.4 is 16.0 Å². The molecular formula is C17H34IN5O2. The summed E-state index contributed by atoms with van der Waals surface area (Å²) in [4.78, 5) is 30.2. The summed E-state index contributed by atoms with van der Waals surface area (Å²) in [5.74, 6) is 0.900. The number of hydrogen-bond donors (Lipinski definition) is 3. The van der Waals surface area contributed by atoms with E-state index < -0.39 is 5.41 Å². The molecule has 0 aromatic carbocycles. The van der Waals surface area contributed by atoms with Crippen LogP contribution in [0.5, 0.6) is 0 Å². The quantitative estimate of drug-likeness (QED) is 0.311. The van der Waals surface area contributed by atoms with Crippen LogP contribution in [0.1, 0.15) is 41.0 Å². The number of rotatable bonds is 6. The van der Waals surface area contributed by atoms with Crippen LogP contribution >= 0.6 is 24.0 Å². The lowest BCUT2D eigenvalue weighted by atomic mass is 9.92. The van der Waals surface area contributed by atoms with Crippen LogP contribution in [0.4, 0.5) is 0 Å². The Morgan fingerprint density at radius 3 is 2.44 bits per heavy atom. The Morgan fingerprint density at radius 2 is 1.92 bits per heavy atom. The molecule has 8 heteroatoms. The predicted molar refractivity (Wildman–Crippen MR) is 112 cm³/mol. The summed E-state index contributed by atoms with van der Waals surface area (Å²) in [5.41, 5.74) is -0.525. The molecule has 1 atom stereocenters. The van der Waals surface area contributed by atoms with Crippen LogP contribution in [0, 0.1) is 11.3 Å². The van der Waals surface area contributed by atoms with Crippen LogP contribution in [0.15, 0.2) is 4.99 Å². The number of guanidine groups is 1. The molecular weight excluding hydrogens is 433 g/mol. The van der Waals surface area contributed by atoms with Gasteiger partial charge in [0.25, 0.3) is 0 Å². The summed E-state index contributed by atoms with van der Waals surface area (Å²) < 4.78 is 0. The van der Waals surface area contributed by atoms with E-state index in [-0.39, 0.29) is 47.8 Å². The van der Waals surface area contributed by atoms with Crippen molar-refractivity contribution in [2.24, 2.45) is 16.3 Å². The number of halogens is 1. The van der Waals surface area contributed by atoms with Gasteiger partial charge in [0.2, 0.25) is 11.8 Å². The Morgan fingerprint density at radius 1 is 1.28 bits per heavy atom. The highest BCUT2D eigenvalue weighted by atomic mass is 127. The summed E-state index contributed by atoms with van der Waals surface area (Å²) in [7, 11) is 1.71. The van der Waals surface area contributed by atoms with E-state index in [1.807, 2.05) is 39.5 Å². The number of aliphatic imine (C=N–C) groups is 1. The highest BCUT2D eigenvalue weighted by molar-refractivity contribution is 14.0. The number of carbonyl (C=O) groups is 2. The zero-order chi connectivity index (χ0) is 18.3. The maximum atomic E-state index is 12.0. The number of carbonyl (C=O) groups excluding carboxylic acids is 2. The van der Waals surface area contributed by atoms with Crippen molar-refractivity contribution in [1.29, 1.82) is 0 Å². The fourth-order valence-corrected chi connectivity index (χ4v) is 2.62. The second kappa shape index (κ2) is 10.8. The summed E-state index contributed by atoms with van der Waals surface area (Å²) >= 11 is 0. The van der Waals surface area contributed by atoms with Crippen molar-refractivity contribution in [3.63, 3.8) is 0 Å². The molecule has 25 heavy (non-hydrogen) atoms. The summed E-state index contributed by atoms with van der Waals surface area (Å²) in [5, 5.41) is 9.41. The highest BCUT2D eigenvalue weighted by Crippen LogP contribution is 2.14. The molecule has 146 valence electrons. The second-order valence-electron chi connectivity index (χ2n) is 7.24. The van der Waals surface area contributed by atoms with E-state index in [0.717, 1.165) is 13.0 Å². The van der Waals surface area contributed by atoms with Gasteiger partial charge in [-0.3, -0.25) is 14.6 Å². The standard InChI is InChI=1S/C17H33N5O2.HI/c1-7-19-15(24)17(4,5)11-20-16(18-6)21-13-8-9-22(10-13)14(23)12(2)3;/h12-13H,7-11H2,1-6H3,(H,19,24)(H2,18,20,21);1H. The lowest BCUT2D eigenvalue weighted by molar-refractivity contribution is -0.133. The van der Waals surface area contributed by atoms with Crippen molar-refractivity contribution in [1.82, 2.24) is 20.9 Å². The molecule has 1 heterocycles. The fraction of sp³-hybridized carbons (Fsp3) is 0.824. The van der Waals surface area contributed by atoms with E-state index in [1.54, 1.807) is 7.05 Å². The van der Waals surface area contributed by atoms with Crippen LogP contribution in [-0.4, -0.2) is 61.9 Å². The van der Waals surface area contributed by atoms with E-state index >= 15 is 0 Å². The van der Waals surface area contributed by atoms with Crippen molar-refractivity contribution in [3.05, 3.63) is 0 Å². The minimum atomic E-state index is -0.525. The molecule has 7 nitrogen and oxygen atoms in total. The molecule has 1 saturated heterocycles. The van der Waals surface area contributed by atoms with Gasteiger partial charge in [0.05, 0.1) is 5.41 Å². The lowest BCUT2D eigenvalue weighted by Gasteiger charge is -2.26. The molecule has 2 amide bonds. The Bertz CT molecular complexity index is 480. The highest BCUT2D eigenvalue weighted by Gasteiger charge is 2.30. The SMILES string of the molecule is CCNC(=O)C(C)(C)CNC(=NC)NC1CCN(C(=O)C(C)C)C1.I. The first-order valence-corrected chi connectivity index (χ1v) is 8.75. The summed E-state index contributed by atoms with van der Waals surface area (Å²) in [6.45, 7) is 12.1. The first-order chi connectivity index (χ1) is 11.2. The Hall–Kier alpha value is -1.06. The third kappa shape index (κ3) is 7.37. The molecule has 1 rings (SSSR count). The molecule has 1 aliphatic heterocycles. The van der Waals surface area contributed by atoms with E-state index in [9.17, 15) is 9.59 Å². The predicted octanol–water partition coefficient (Wildman–Crippen LogP) is 1.19. The van der Waals surface area contributed by atoms with Gasteiger partial charge in [-0.15, -0.1) is 24.0 Å². The number of likely N-dealkylation sites (tertiary alicyclic amines) is 1. The largest absolute Gasteiger partial charge is 0.356 e. The molecule has 0 bridgehead atoms.